The summed E-state index contributed by atoms with van der Waals surface area (Å²) in [6.45, 7) is 5.98. The zero-order valence-electron chi connectivity index (χ0n) is 10.9. The van der Waals surface area contributed by atoms with Crippen LogP contribution in [-0.4, -0.2) is 49.1 Å². The van der Waals surface area contributed by atoms with Gasteiger partial charge in [-0.25, -0.2) is 0 Å². The summed E-state index contributed by atoms with van der Waals surface area (Å²) in [5.41, 5.74) is 0. The maximum Gasteiger partial charge on any atom is 0.221 e. The number of nitrogens with one attached hydrogen (secondary N) is 2. The number of rotatable bonds is 5. The lowest BCUT2D eigenvalue weighted by Gasteiger charge is -2.29. The van der Waals surface area contributed by atoms with Gasteiger partial charge in [-0.1, -0.05) is 0 Å². The molecule has 0 aliphatic carbocycles. The molecule has 0 aromatic carbocycles. The van der Waals surface area contributed by atoms with E-state index in [1.54, 1.807) is 0 Å². The third-order valence-electron chi connectivity index (χ3n) is 3.98. The van der Waals surface area contributed by atoms with Crippen LogP contribution < -0.4 is 10.6 Å². The number of hydrogen-bond donors (Lipinski definition) is 2. The summed E-state index contributed by atoms with van der Waals surface area (Å²) in [5, 5.41) is 6.47. The number of likely N-dealkylation sites (tertiary alicyclic amines) is 1. The standard InChI is InChI=1S/C13H25N3O/c1-2-14-13(17)7-10-16-9-4-6-12(16)11-5-3-8-15-11/h11-12,15H,2-10H2,1H3,(H,14,17). The van der Waals surface area contributed by atoms with Gasteiger partial charge in [-0.15, -0.1) is 0 Å². The smallest absolute Gasteiger partial charge is 0.221 e. The molecule has 4 heteroatoms. The molecule has 0 bridgehead atoms. The van der Waals surface area contributed by atoms with Crippen LogP contribution in [0.2, 0.25) is 0 Å². The molecule has 0 radical (unpaired) electrons. The van der Waals surface area contributed by atoms with Crippen LogP contribution in [0.25, 0.3) is 0 Å². The summed E-state index contributed by atoms with van der Waals surface area (Å²) >= 11 is 0. The van der Waals surface area contributed by atoms with E-state index in [9.17, 15) is 4.79 Å². The monoisotopic (exact) mass is 239 g/mol. The second-order valence-electron chi connectivity index (χ2n) is 5.15. The van der Waals surface area contributed by atoms with E-state index in [2.05, 4.69) is 15.5 Å². The zero-order valence-corrected chi connectivity index (χ0v) is 10.9. The molecule has 98 valence electrons. The van der Waals surface area contributed by atoms with Crippen molar-refractivity contribution in [1.82, 2.24) is 15.5 Å². The van der Waals surface area contributed by atoms with Crippen molar-refractivity contribution in [1.29, 1.82) is 0 Å². The van der Waals surface area contributed by atoms with Crippen LogP contribution in [0.3, 0.4) is 0 Å². The highest BCUT2D eigenvalue weighted by atomic mass is 16.1. The van der Waals surface area contributed by atoms with Gasteiger partial charge in [-0.3, -0.25) is 9.69 Å². The molecule has 0 aromatic heterocycles. The second-order valence-corrected chi connectivity index (χ2v) is 5.15. The molecule has 2 unspecified atom stereocenters. The molecule has 2 saturated heterocycles. The number of carbonyl (C=O) groups excluding carboxylic acids is 1. The van der Waals surface area contributed by atoms with Gasteiger partial charge in [-0.2, -0.15) is 0 Å². The van der Waals surface area contributed by atoms with Gasteiger partial charge in [0.15, 0.2) is 0 Å². The van der Waals surface area contributed by atoms with Gasteiger partial charge >= 0.3 is 0 Å². The van der Waals surface area contributed by atoms with Crippen molar-refractivity contribution in [3.05, 3.63) is 0 Å². The van der Waals surface area contributed by atoms with Gasteiger partial charge in [0, 0.05) is 31.6 Å². The van der Waals surface area contributed by atoms with E-state index in [0.29, 0.717) is 18.5 Å². The Labute approximate surface area is 104 Å². The molecular formula is C13H25N3O. The van der Waals surface area contributed by atoms with Crippen molar-refractivity contribution in [3.8, 4) is 0 Å². The first kappa shape index (κ1) is 12.8. The van der Waals surface area contributed by atoms with Gasteiger partial charge in [0.25, 0.3) is 0 Å². The van der Waals surface area contributed by atoms with Crippen molar-refractivity contribution in [3.63, 3.8) is 0 Å². The van der Waals surface area contributed by atoms with Gasteiger partial charge in [0.2, 0.25) is 5.91 Å². The van der Waals surface area contributed by atoms with Crippen LogP contribution in [-0.2, 0) is 4.79 Å². The number of amides is 1. The van der Waals surface area contributed by atoms with Gasteiger partial charge in [0.1, 0.15) is 0 Å². The second kappa shape index (κ2) is 6.36. The van der Waals surface area contributed by atoms with E-state index in [4.69, 9.17) is 0 Å². The Balaban J connectivity index is 1.76. The average Bonchev–Trinajstić information content (AvgIpc) is 2.97. The fourth-order valence-corrected chi connectivity index (χ4v) is 3.16. The van der Waals surface area contributed by atoms with E-state index < -0.39 is 0 Å². The van der Waals surface area contributed by atoms with Crippen molar-refractivity contribution < 1.29 is 4.79 Å². The molecule has 2 rings (SSSR count). The van der Waals surface area contributed by atoms with E-state index >= 15 is 0 Å². The van der Waals surface area contributed by atoms with Crippen LogP contribution in [0.15, 0.2) is 0 Å². The maximum atomic E-state index is 11.5. The highest BCUT2D eigenvalue weighted by Gasteiger charge is 2.32. The third kappa shape index (κ3) is 3.42. The van der Waals surface area contributed by atoms with E-state index in [0.717, 1.165) is 13.1 Å². The summed E-state index contributed by atoms with van der Waals surface area (Å²) in [7, 11) is 0. The predicted octanol–water partition coefficient (Wildman–Crippen LogP) is 0.729. The van der Waals surface area contributed by atoms with Gasteiger partial charge in [-0.05, 0) is 45.7 Å². The Morgan fingerprint density at radius 3 is 3.00 bits per heavy atom. The SMILES string of the molecule is CCNC(=O)CCN1CCCC1C1CCCN1. The molecule has 2 fully saturated rings. The molecule has 2 atom stereocenters. The maximum absolute atomic E-state index is 11.5. The van der Waals surface area contributed by atoms with Crippen molar-refractivity contribution in [2.24, 2.45) is 0 Å². The van der Waals surface area contributed by atoms with Crippen molar-refractivity contribution >= 4 is 5.91 Å². The molecule has 2 N–H and O–H groups in total. The summed E-state index contributed by atoms with van der Waals surface area (Å²) in [6.07, 6.45) is 5.86. The topological polar surface area (TPSA) is 44.4 Å². The summed E-state index contributed by atoms with van der Waals surface area (Å²) in [4.78, 5) is 14.0. The Morgan fingerprint density at radius 2 is 2.29 bits per heavy atom. The number of hydrogen-bond acceptors (Lipinski definition) is 3. The molecule has 2 heterocycles. The van der Waals surface area contributed by atoms with E-state index in [1.807, 2.05) is 6.92 Å². The predicted molar refractivity (Wildman–Crippen MR) is 68.9 cm³/mol. The zero-order chi connectivity index (χ0) is 12.1. The van der Waals surface area contributed by atoms with E-state index in [1.165, 1.54) is 38.8 Å². The van der Waals surface area contributed by atoms with Crippen LogP contribution in [0.1, 0.15) is 39.0 Å². The summed E-state index contributed by atoms with van der Waals surface area (Å²) in [6, 6.07) is 1.35. The normalized spacial score (nSPS) is 29.7. The number of nitrogens with zero attached hydrogens (tertiary/aromatic N) is 1. The molecule has 0 saturated carbocycles. The first-order chi connectivity index (χ1) is 8.31. The highest BCUT2D eigenvalue weighted by molar-refractivity contribution is 5.75. The van der Waals surface area contributed by atoms with E-state index in [-0.39, 0.29) is 5.91 Å². The minimum Gasteiger partial charge on any atom is -0.356 e. The largest absolute Gasteiger partial charge is 0.356 e. The fraction of sp³-hybridized carbons (Fsp3) is 0.923. The molecule has 1 amide bonds. The Kier molecular flexibility index (Phi) is 4.80. The summed E-state index contributed by atoms with van der Waals surface area (Å²) in [5.74, 6) is 0.192. The van der Waals surface area contributed by atoms with Gasteiger partial charge < -0.3 is 10.6 Å². The minimum absolute atomic E-state index is 0.192. The van der Waals surface area contributed by atoms with Crippen molar-refractivity contribution in [2.45, 2.75) is 51.1 Å². The van der Waals surface area contributed by atoms with Gasteiger partial charge in [0.05, 0.1) is 0 Å². The van der Waals surface area contributed by atoms with Crippen molar-refractivity contribution in [2.75, 3.05) is 26.2 Å². The first-order valence-electron chi connectivity index (χ1n) is 7.05. The fourth-order valence-electron chi connectivity index (χ4n) is 3.16. The van der Waals surface area contributed by atoms with Crippen LogP contribution in [0.5, 0.6) is 0 Å². The molecule has 2 aliphatic heterocycles. The highest BCUT2D eigenvalue weighted by Crippen LogP contribution is 2.24. The Bertz CT molecular complexity index is 251. The molecule has 0 spiro atoms. The minimum atomic E-state index is 0.192. The molecule has 17 heavy (non-hydrogen) atoms. The summed E-state index contributed by atoms with van der Waals surface area (Å²) < 4.78 is 0. The average molecular weight is 239 g/mol. The Hall–Kier alpha value is -0.610. The molecular weight excluding hydrogens is 214 g/mol. The van der Waals surface area contributed by atoms with Crippen LogP contribution >= 0.6 is 0 Å². The lowest BCUT2D eigenvalue weighted by Crippen LogP contribution is -2.45. The lowest BCUT2D eigenvalue weighted by atomic mass is 10.0. The van der Waals surface area contributed by atoms with Crippen LogP contribution in [0.4, 0.5) is 0 Å². The first-order valence-corrected chi connectivity index (χ1v) is 7.05. The lowest BCUT2D eigenvalue weighted by molar-refractivity contribution is -0.121. The van der Waals surface area contributed by atoms with Crippen LogP contribution in [0, 0.1) is 0 Å². The Morgan fingerprint density at radius 1 is 1.41 bits per heavy atom. The number of carbonyl (C=O) groups is 1. The quantitative estimate of drug-likeness (QED) is 0.743. The molecule has 2 aliphatic rings. The molecule has 4 nitrogen and oxygen atoms in total. The third-order valence-corrected chi connectivity index (χ3v) is 3.98. The molecule has 0 aromatic rings.